The molecule has 2 rings (SSSR count). The molecule has 2 N–H and O–H groups in total. The van der Waals surface area contributed by atoms with Crippen LogP contribution in [-0.2, 0) is 16.6 Å². The minimum Gasteiger partial charge on any atom is -0.337 e. The Hall–Kier alpha value is -1.60. The van der Waals surface area contributed by atoms with Gasteiger partial charge in [0, 0.05) is 19.2 Å². The second kappa shape index (κ2) is 7.11. The van der Waals surface area contributed by atoms with Crippen LogP contribution >= 0.6 is 23.2 Å². The maximum absolute atomic E-state index is 12.7. The third-order valence-corrected chi connectivity index (χ3v) is 5.32. The van der Waals surface area contributed by atoms with Crippen molar-refractivity contribution in [3.63, 3.8) is 0 Å². The van der Waals surface area contributed by atoms with E-state index in [1.807, 2.05) is 0 Å². The lowest BCUT2D eigenvalue weighted by molar-refractivity contribution is 0.0784. The zero-order chi connectivity index (χ0) is 18.1. The number of halogens is 2. The predicted octanol–water partition coefficient (Wildman–Crippen LogP) is 3.22. The Labute approximate surface area is 151 Å². The minimum atomic E-state index is -3.88. The first-order valence-electron chi connectivity index (χ1n) is 6.93. The van der Waals surface area contributed by atoms with Crippen molar-refractivity contribution in [2.75, 3.05) is 7.05 Å². The summed E-state index contributed by atoms with van der Waals surface area (Å²) in [4.78, 5) is 14.0. The van der Waals surface area contributed by atoms with Crippen LogP contribution in [0.2, 0.25) is 10.0 Å². The van der Waals surface area contributed by atoms with Crippen LogP contribution in [0.1, 0.15) is 21.5 Å². The highest BCUT2D eigenvalue weighted by Gasteiger charge is 2.19. The zero-order valence-electron chi connectivity index (χ0n) is 13.1. The lowest BCUT2D eigenvalue weighted by atomic mass is 10.1. The SMILES string of the molecule is Cc1ccc(S(N)(=O)=O)cc1C(=O)N(C)Cc1cccc(Cl)c1Cl. The quantitative estimate of drug-likeness (QED) is 0.875. The highest BCUT2D eigenvalue weighted by Crippen LogP contribution is 2.27. The van der Waals surface area contributed by atoms with Gasteiger partial charge in [-0.3, -0.25) is 4.79 Å². The number of nitrogens with zero attached hydrogens (tertiary/aromatic N) is 1. The number of benzene rings is 2. The van der Waals surface area contributed by atoms with E-state index in [9.17, 15) is 13.2 Å². The van der Waals surface area contributed by atoms with Crippen LogP contribution in [-0.4, -0.2) is 26.3 Å². The van der Waals surface area contributed by atoms with Crippen molar-refractivity contribution < 1.29 is 13.2 Å². The summed E-state index contributed by atoms with van der Waals surface area (Å²) in [7, 11) is -2.28. The van der Waals surface area contributed by atoms with Crippen LogP contribution in [0.4, 0.5) is 0 Å². The Balaban J connectivity index is 2.33. The molecule has 5 nitrogen and oxygen atoms in total. The van der Waals surface area contributed by atoms with Crippen LogP contribution in [0, 0.1) is 6.92 Å². The van der Waals surface area contributed by atoms with Gasteiger partial charge in [0.05, 0.1) is 14.9 Å². The molecule has 0 saturated heterocycles. The van der Waals surface area contributed by atoms with Gasteiger partial charge in [-0.15, -0.1) is 0 Å². The first-order valence-corrected chi connectivity index (χ1v) is 9.23. The molecule has 2 aromatic carbocycles. The maximum atomic E-state index is 12.7. The summed E-state index contributed by atoms with van der Waals surface area (Å²) in [6.07, 6.45) is 0. The number of amides is 1. The van der Waals surface area contributed by atoms with Gasteiger partial charge in [-0.05, 0) is 36.2 Å². The van der Waals surface area contributed by atoms with Gasteiger partial charge in [0.2, 0.25) is 10.0 Å². The van der Waals surface area contributed by atoms with E-state index in [0.29, 0.717) is 21.2 Å². The summed E-state index contributed by atoms with van der Waals surface area (Å²) in [6.45, 7) is 1.96. The molecule has 24 heavy (non-hydrogen) atoms. The summed E-state index contributed by atoms with van der Waals surface area (Å²) in [5.41, 5.74) is 1.61. The molecule has 8 heteroatoms. The molecule has 128 valence electrons. The van der Waals surface area contributed by atoms with E-state index in [-0.39, 0.29) is 22.9 Å². The molecule has 2 aromatic rings. The van der Waals surface area contributed by atoms with Crippen molar-refractivity contribution in [3.8, 4) is 0 Å². The van der Waals surface area contributed by atoms with E-state index < -0.39 is 10.0 Å². The van der Waals surface area contributed by atoms with E-state index in [1.165, 1.54) is 17.0 Å². The van der Waals surface area contributed by atoms with Crippen molar-refractivity contribution in [3.05, 3.63) is 63.1 Å². The molecule has 0 aromatic heterocycles. The Morgan fingerprint density at radius 3 is 2.50 bits per heavy atom. The number of hydrogen-bond acceptors (Lipinski definition) is 3. The van der Waals surface area contributed by atoms with Crippen molar-refractivity contribution in [1.29, 1.82) is 0 Å². The number of primary sulfonamides is 1. The van der Waals surface area contributed by atoms with Gasteiger partial charge in [0.25, 0.3) is 5.91 Å². The molecule has 0 bridgehead atoms. The van der Waals surface area contributed by atoms with Crippen LogP contribution in [0.3, 0.4) is 0 Å². The third kappa shape index (κ3) is 4.08. The fraction of sp³-hybridized carbons (Fsp3) is 0.188. The fourth-order valence-electron chi connectivity index (χ4n) is 2.21. The standard InChI is InChI=1S/C16H16Cl2N2O3S/c1-10-6-7-12(24(19,22)23)8-13(10)16(21)20(2)9-11-4-3-5-14(17)15(11)18/h3-8H,9H2,1-2H3,(H2,19,22,23). The fourth-order valence-corrected chi connectivity index (χ4v) is 3.13. The highest BCUT2D eigenvalue weighted by molar-refractivity contribution is 7.89. The molecule has 0 aliphatic carbocycles. The minimum absolute atomic E-state index is 0.106. The number of carbonyl (C=O) groups excluding carboxylic acids is 1. The van der Waals surface area contributed by atoms with E-state index in [4.69, 9.17) is 28.3 Å². The van der Waals surface area contributed by atoms with Crippen LogP contribution in [0.15, 0.2) is 41.3 Å². The number of rotatable bonds is 4. The average Bonchev–Trinajstić information content (AvgIpc) is 2.50. The van der Waals surface area contributed by atoms with Gasteiger partial charge < -0.3 is 4.90 Å². The Kier molecular flexibility index (Phi) is 5.55. The summed E-state index contributed by atoms with van der Waals surface area (Å²) in [6, 6.07) is 9.38. The van der Waals surface area contributed by atoms with Gasteiger partial charge in [-0.25, -0.2) is 13.6 Å². The van der Waals surface area contributed by atoms with E-state index >= 15 is 0 Å². The van der Waals surface area contributed by atoms with Crippen molar-refractivity contribution >= 4 is 39.1 Å². The van der Waals surface area contributed by atoms with Gasteiger partial charge in [0.15, 0.2) is 0 Å². The number of nitrogens with two attached hydrogens (primary N) is 1. The number of carbonyl (C=O) groups is 1. The smallest absolute Gasteiger partial charge is 0.254 e. The topological polar surface area (TPSA) is 80.5 Å². The van der Waals surface area contributed by atoms with Gasteiger partial charge >= 0.3 is 0 Å². The summed E-state index contributed by atoms with van der Waals surface area (Å²) in [5, 5.41) is 5.92. The molecular formula is C16H16Cl2N2O3S. The van der Waals surface area contributed by atoms with Crippen LogP contribution < -0.4 is 5.14 Å². The molecular weight excluding hydrogens is 371 g/mol. The Morgan fingerprint density at radius 2 is 1.88 bits per heavy atom. The van der Waals surface area contributed by atoms with Crippen molar-refractivity contribution in [2.45, 2.75) is 18.4 Å². The van der Waals surface area contributed by atoms with E-state index in [2.05, 4.69) is 0 Å². The predicted molar refractivity (Wildman–Crippen MR) is 94.8 cm³/mol. The zero-order valence-corrected chi connectivity index (χ0v) is 15.4. The molecule has 0 heterocycles. The number of hydrogen-bond donors (Lipinski definition) is 1. The normalized spacial score (nSPS) is 11.4. The number of aryl methyl sites for hydroxylation is 1. The second-order valence-corrected chi connectivity index (χ2v) is 7.74. The second-order valence-electron chi connectivity index (χ2n) is 5.40. The molecule has 1 amide bonds. The molecule has 0 aliphatic rings. The van der Waals surface area contributed by atoms with Gasteiger partial charge in [-0.1, -0.05) is 41.4 Å². The van der Waals surface area contributed by atoms with Gasteiger partial charge in [0.1, 0.15) is 0 Å². The van der Waals surface area contributed by atoms with E-state index in [1.54, 1.807) is 38.2 Å². The molecule has 0 unspecified atom stereocenters. The average molecular weight is 387 g/mol. The molecule has 0 saturated carbocycles. The Morgan fingerprint density at radius 1 is 1.21 bits per heavy atom. The first kappa shape index (κ1) is 18.7. The van der Waals surface area contributed by atoms with Crippen molar-refractivity contribution in [1.82, 2.24) is 4.90 Å². The monoisotopic (exact) mass is 386 g/mol. The summed E-state index contributed by atoms with van der Waals surface area (Å²) < 4.78 is 23.0. The third-order valence-electron chi connectivity index (χ3n) is 3.55. The molecule has 0 spiro atoms. The maximum Gasteiger partial charge on any atom is 0.254 e. The van der Waals surface area contributed by atoms with Crippen molar-refractivity contribution in [2.24, 2.45) is 5.14 Å². The molecule has 0 fully saturated rings. The largest absolute Gasteiger partial charge is 0.337 e. The summed E-state index contributed by atoms with van der Waals surface area (Å²) >= 11 is 12.1. The molecule has 0 atom stereocenters. The van der Waals surface area contributed by atoms with Gasteiger partial charge in [-0.2, -0.15) is 0 Å². The van der Waals surface area contributed by atoms with Crippen LogP contribution in [0.5, 0.6) is 0 Å². The van der Waals surface area contributed by atoms with Crippen LogP contribution in [0.25, 0.3) is 0 Å². The molecule has 0 radical (unpaired) electrons. The first-order chi connectivity index (χ1) is 11.1. The lowest BCUT2D eigenvalue weighted by Crippen LogP contribution is -2.27. The summed E-state index contributed by atoms with van der Waals surface area (Å²) in [5.74, 6) is -0.339. The van der Waals surface area contributed by atoms with E-state index in [0.717, 1.165) is 0 Å². The number of sulfonamides is 1. The highest BCUT2D eigenvalue weighted by atomic mass is 35.5. The molecule has 0 aliphatic heterocycles. The Bertz CT molecular complexity index is 898. The lowest BCUT2D eigenvalue weighted by Gasteiger charge is -2.20.